The van der Waals surface area contributed by atoms with Gasteiger partial charge in [-0.25, -0.2) is 0 Å². The predicted octanol–water partition coefficient (Wildman–Crippen LogP) is 4.02. The molecule has 5 nitrogen and oxygen atoms in total. The second-order valence-electron chi connectivity index (χ2n) is 6.14. The Morgan fingerprint density at radius 1 is 1.07 bits per heavy atom. The van der Waals surface area contributed by atoms with Crippen LogP contribution in [0.3, 0.4) is 0 Å². The highest BCUT2D eigenvalue weighted by atomic mass is 19.4. The van der Waals surface area contributed by atoms with E-state index in [2.05, 4.69) is 10.6 Å². The molecule has 2 amide bonds. The van der Waals surface area contributed by atoms with Crippen LogP contribution in [-0.4, -0.2) is 17.9 Å². The molecular formula is C19H20F3N3O2. The zero-order valence-corrected chi connectivity index (χ0v) is 14.6. The number of hydrogen-bond acceptors (Lipinski definition) is 3. The minimum atomic E-state index is -4.51. The van der Waals surface area contributed by atoms with Crippen LogP contribution < -0.4 is 16.4 Å². The van der Waals surface area contributed by atoms with Gasteiger partial charge in [0.2, 0.25) is 5.91 Å². The summed E-state index contributed by atoms with van der Waals surface area (Å²) in [5, 5.41) is 5.06. The fraction of sp³-hybridized carbons (Fsp3) is 0.263. The fourth-order valence-electron chi connectivity index (χ4n) is 2.33. The van der Waals surface area contributed by atoms with Crippen molar-refractivity contribution >= 4 is 23.2 Å². The molecule has 0 aliphatic rings. The standard InChI is InChI=1S/C19H20F3N3O2/c1-12(23)9-10-17(26)25-16-8-3-2-7-15(16)18(27)24-14-6-4-5-13(11-14)19(20,21)22/h2-8,11-12H,9-10,23H2,1H3,(H,24,27)(H,25,26). The van der Waals surface area contributed by atoms with Gasteiger partial charge in [-0.15, -0.1) is 0 Å². The van der Waals surface area contributed by atoms with E-state index >= 15 is 0 Å². The van der Waals surface area contributed by atoms with Crippen molar-refractivity contribution in [1.29, 1.82) is 0 Å². The number of halogens is 3. The molecule has 0 saturated carbocycles. The first-order chi connectivity index (χ1) is 12.7. The maximum Gasteiger partial charge on any atom is 0.416 e. The van der Waals surface area contributed by atoms with E-state index in [-0.39, 0.29) is 35.3 Å². The number of hydrogen-bond donors (Lipinski definition) is 3. The van der Waals surface area contributed by atoms with Crippen molar-refractivity contribution in [2.24, 2.45) is 5.73 Å². The van der Waals surface area contributed by atoms with Crippen LogP contribution in [0.25, 0.3) is 0 Å². The number of nitrogens with one attached hydrogen (secondary N) is 2. The van der Waals surface area contributed by atoms with Crippen LogP contribution in [-0.2, 0) is 11.0 Å². The van der Waals surface area contributed by atoms with Gasteiger partial charge < -0.3 is 16.4 Å². The lowest BCUT2D eigenvalue weighted by Crippen LogP contribution is -2.21. The van der Waals surface area contributed by atoms with E-state index in [4.69, 9.17) is 5.73 Å². The summed E-state index contributed by atoms with van der Waals surface area (Å²) in [6.07, 6.45) is -3.82. The Hall–Kier alpha value is -2.87. The van der Waals surface area contributed by atoms with Gasteiger partial charge in [-0.05, 0) is 43.7 Å². The lowest BCUT2D eigenvalue weighted by molar-refractivity contribution is -0.137. The highest BCUT2D eigenvalue weighted by Crippen LogP contribution is 2.31. The summed E-state index contributed by atoms with van der Waals surface area (Å²) >= 11 is 0. The van der Waals surface area contributed by atoms with E-state index in [0.717, 1.165) is 12.1 Å². The molecule has 0 radical (unpaired) electrons. The minimum absolute atomic E-state index is 0.00733. The maximum atomic E-state index is 12.8. The summed E-state index contributed by atoms with van der Waals surface area (Å²) in [4.78, 5) is 24.5. The number of anilines is 2. The average molecular weight is 379 g/mol. The van der Waals surface area contributed by atoms with Crippen molar-refractivity contribution in [2.45, 2.75) is 32.0 Å². The first-order valence-electron chi connectivity index (χ1n) is 8.30. The van der Waals surface area contributed by atoms with Gasteiger partial charge in [0.15, 0.2) is 0 Å². The molecule has 0 fully saturated rings. The third-order valence-corrected chi connectivity index (χ3v) is 3.72. The second kappa shape index (κ2) is 8.68. The van der Waals surface area contributed by atoms with Gasteiger partial charge in [0, 0.05) is 18.2 Å². The molecule has 4 N–H and O–H groups in total. The fourth-order valence-corrected chi connectivity index (χ4v) is 2.33. The van der Waals surface area contributed by atoms with Gasteiger partial charge in [0.25, 0.3) is 5.91 Å². The van der Waals surface area contributed by atoms with Gasteiger partial charge in [-0.3, -0.25) is 9.59 Å². The van der Waals surface area contributed by atoms with E-state index < -0.39 is 17.6 Å². The molecule has 8 heteroatoms. The van der Waals surface area contributed by atoms with Crippen molar-refractivity contribution in [2.75, 3.05) is 10.6 Å². The van der Waals surface area contributed by atoms with Crippen LogP contribution in [0, 0.1) is 0 Å². The molecule has 0 aliphatic carbocycles. The topological polar surface area (TPSA) is 84.2 Å². The molecule has 2 aromatic rings. The van der Waals surface area contributed by atoms with E-state index in [0.29, 0.717) is 6.42 Å². The van der Waals surface area contributed by atoms with E-state index in [1.165, 1.54) is 18.2 Å². The molecule has 144 valence electrons. The van der Waals surface area contributed by atoms with E-state index in [1.807, 2.05) is 0 Å². The minimum Gasteiger partial charge on any atom is -0.328 e. The van der Waals surface area contributed by atoms with Crippen molar-refractivity contribution in [3.63, 3.8) is 0 Å². The zero-order chi connectivity index (χ0) is 20.0. The molecular weight excluding hydrogens is 359 g/mol. The van der Waals surface area contributed by atoms with Crippen molar-refractivity contribution in [3.8, 4) is 0 Å². The molecule has 2 rings (SSSR count). The molecule has 27 heavy (non-hydrogen) atoms. The number of alkyl halides is 3. The normalized spacial score (nSPS) is 12.3. The Balaban J connectivity index is 2.14. The molecule has 0 aromatic heterocycles. The summed E-state index contributed by atoms with van der Waals surface area (Å²) in [6, 6.07) is 10.5. The van der Waals surface area contributed by atoms with Crippen LogP contribution >= 0.6 is 0 Å². The van der Waals surface area contributed by atoms with Crippen molar-refractivity contribution < 1.29 is 22.8 Å². The number of amides is 2. The molecule has 0 heterocycles. The SMILES string of the molecule is CC(N)CCC(=O)Nc1ccccc1C(=O)Nc1cccc(C(F)(F)F)c1. The Bertz CT molecular complexity index is 820. The molecule has 2 aromatic carbocycles. The highest BCUT2D eigenvalue weighted by Gasteiger charge is 2.30. The second-order valence-corrected chi connectivity index (χ2v) is 6.14. The molecule has 0 spiro atoms. The quantitative estimate of drug-likeness (QED) is 0.709. The smallest absolute Gasteiger partial charge is 0.328 e. The number of rotatable bonds is 6. The Morgan fingerprint density at radius 3 is 2.44 bits per heavy atom. The summed E-state index contributed by atoms with van der Waals surface area (Å²) in [6.45, 7) is 1.78. The maximum absolute atomic E-state index is 12.8. The highest BCUT2D eigenvalue weighted by molar-refractivity contribution is 6.10. The van der Waals surface area contributed by atoms with E-state index in [9.17, 15) is 22.8 Å². The average Bonchev–Trinajstić information content (AvgIpc) is 2.60. The summed E-state index contributed by atoms with van der Waals surface area (Å²) in [5.74, 6) is -0.927. The van der Waals surface area contributed by atoms with Crippen LogP contribution in [0.1, 0.15) is 35.7 Å². The van der Waals surface area contributed by atoms with E-state index in [1.54, 1.807) is 25.1 Å². The monoisotopic (exact) mass is 379 g/mol. The molecule has 0 aliphatic heterocycles. The van der Waals surface area contributed by atoms with Crippen molar-refractivity contribution in [3.05, 3.63) is 59.7 Å². The van der Waals surface area contributed by atoms with Crippen LogP contribution in [0.5, 0.6) is 0 Å². The molecule has 1 atom stereocenters. The first kappa shape index (κ1) is 20.4. The van der Waals surface area contributed by atoms with Crippen molar-refractivity contribution in [1.82, 2.24) is 0 Å². The van der Waals surface area contributed by atoms with Gasteiger partial charge in [-0.2, -0.15) is 13.2 Å². The lowest BCUT2D eigenvalue weighted by Gasteiger charge is -2.13. The lowest BCUT2D eigenvalue weighted by atomic mass is 10.1. The first-order valence-corrected chi connectivity index (χ1v) is 8.30. The van der Waals surface area contributed by atoms with Crippen LogP contribution in [0.2, 0.25) is 0 Å². The summed E-state index contributed by atoms with van der Waals surface area (Å²) < 4.78 is 38.4. The Morgan fingerprint density at radius 2 is 1.78 bits per heavy atom. The zero-order valence-electron chi connectivity index (χ0n) is 14.6. The van der Waals surface area contributed by atoms with Crippen LogP contribution in [0.4, 0.5) is 24.5 Å². The predicted molar refractivity (Wildman–Crippen MR) is 97.4 cm³/mol. The Kier molecular flexibility index (Phi) is 6.57. The number of benzene rings is 2. The van der Waals surface area contributed by atoms with Crippen LogP contribution in [0.15, 0.2) is 48.5 Å². The molecule has 0 saturated heterocycles. The molecule has 0 bridgehead atoms. The summed E-state index contributed by atoms with van der Waals surface area (Å²) in [7, 11) is 0. The third kappa shape index (κ3) is 6.10. The largest absolute Gasteiger partial charge is 0.416 e. The number of para-hydroxylation sites is 1. The number of carbonyl (C=O) groups excluding carboxylic acids is 2. The van der Waals surface area contributed by atoms with Gasteiger partial charge in [-0.1, -0.05) is 18.2 Å². The summed E-state index contributed by atoms with van der Waals surface area (Å²) in [5.41, 5.74) is 5.18. The number of carbonyl (C=O) groups is 2. The molecule has 1 unspecified atom stereocenters. The van der Waals surface area contributed by atoms with Gasteiger partial charge >= 0.3 is 6.18 Å². The number of nitrogens with two attached hydrogens (primary N) is 1. The third-order valence-electron chi connectivity index (χ3n) is 3.72. The van der Waals surface area contributed by atoms with Gasteiger partial charge in [0.05, 0.1) is 16.8 Å². The van der Waals surface area contributed by atoms with Gasteiger partial charge in [0.1, 0.15) is 0 Å². The Labute approximate surface area is 154 Å².